The van der Waals surface area contributed by atoms with E-state index < -0.39 is 5.60 Å². The second-order valence-electron chi connectivity index (χ2n) is 7.46. The molecule has 1 unspecified atom stereocenters. The maximum atomic E-state index is 12.4. The fourth-order valence-corrected chi connectivity index (χ4v) is 4.22. The molecular formula is C16H30N2O2S. The van der Waals surface area contributed by atoms with Gasteiger partial charge >= 0.3 is 6.09 Å². The highest BCUT2D eigenvalue weighted by Gasteiger charge is 2.44. The smallest absolute Gasteiger partial charge is 0.410 e. The fourth-order valence-electron chi connectivity index (χ4n) is 3.63. The van der Waals surface area contributed by atoms with Crippen molar-refractivity contribution in [2.45, 2.75) is 83.1 Å². The molecule has 1 N–H and O–H groups in total. The Kier molecular flexibility index (Phi) is 5.47. The highest BCUT2D eigenvalue weighted by molar-refractivity contribution is 7.98. The molecule has 4 nitrogen and oxygen atoms in total. The summed E-state index contributed by atoms with van der Waals surface area (Å²) in [5.74, 6) is 1.14. The van der Waals surface area contributed by atoms with Gasteiger partial charge in [-0.05, 0) is 59.6 Å². The Morgan fingerprint density at radius 1 is 1.33 bits per heavy atom. The van der Waals surface area contributed by atoms with Gasteiger partial charge in [-0.2, -0.15) is 11.8 Å². The quantitative estimate of drug-likeness (QED) is 0.865. The van der Waals surface area contributed by atoms with Crippen LogP contribution in [-0.4, -0.2) is 52.8 Å². The Morgan fingerprint density at radius 2 is 1.90 bits per heavy atom. The van der Waals surface area contributed by atoms with Gasteiger partial charge < -0.3 is 15.0 Å². The number of rotatable bonds is 4. The van der Waals surface area contributed by atoms with Crippen molar-refractivity contribution in [2.75, 3.05) is 12.0 Å². The fraction of sp³-hybridized carbons (Fsp3) is 0.938. The number of piperidine rings is 1. The molecule has 2 bridgehead atoms. The van der Waals surface area contributed by atoms with Gasteiger partial charge in [0.2, 0.25) is 0 Å². The van der Waals surface area contributed by atoms with Gasteiger partial charge in [-0.15, -0.1) is 0 Å². The lowest BCUT2D eigenvalue weighted by Crippen LogP contribution is -2.54. The SMILES string of the molecule is CSC[C@H](C)NC1C[C@H]2CC[C@@H](C1)N2C(=O)OC(C)(C)C. The molecule has 4 atom stereocenters. The zero-order valence-corrected chi connectivity index (χ0v) is 14.8. The largest absolute Gasteiger partial charge is 0.444 e. The number of nitrogens with one attached hydrogen (secondary N) is 1. The molecule has 122 valence electrons. The molecule has 2 rings (SSSR count). The third-order valence-corrected chi connectivity index (χ3v) is 5.11. The lowest BCUT2D eigenvalue weighted by molar-refractivity contribution is 0.00448. The lowest BCUT2D eigenvalue weighted by atomic mass is 9.97. The van der Waals surface area contributed by atoms with Crippen molar-refractivity contribution in [1.29, 1.82) is 0 Å². The van der Waals surface area contributed by atoms with Gasteiger partial charge in [0.05, 0.1) is 0 Å². The molecule has 0 radical (unpaired) electrons. The van der Waals surface area contributed by atoms with Crippen LogP contribution in [0.3, 0.4) is 0 Å². The molecule has 0 aromatic rings. The highest BCUT2D eigenvalue weighted by atomic mass is 32.2. The minimum absolute atomic E-state index is 0.120. The van der Waals surface area contributed by atoms with E-state index in [0.29, 0.717) is 24.2 Å². The van der Waals surface area contributed by atoms with Gasteiger partial charge in [-0.3, -0.25) is 0 Å². The third-order valence-electron chi connectivity index (χ3n) is 4.27. The summed E-state index contributed by atoms with van der Waals surface area (Å²) in [5.41, 5.74) is -0.404. The number of ether oxygens (including phenoxy) is 1. The summed E-state index contributed by atoms with van der Waals surface area (Å²) in [6.45, 7) is 8.06. The molecule has 0 saturated carbocycles. The van der Waals surface area contributed by atoms with Gasteiger partial charge in [0, 0.05) is 29.9 Å². The van der Waals surface area contributed by atoms with Crippen molar-refractivity contribution in [1.82, 2.24) is 10.2 Å². The van der Waals surface area contributed by atoms with Crippen LogP contribution in [0.4, 0.5) is 4.79 Å². The molecule has 21 heavy (non-hydrogen) atoms. The molecular weight excluding hydrogens is 284 g/mol. The zero-order chi connectivity index (χ0) is 15.6. The van der Waals surface area contributed by atoms with Crippen molar-refractivity contribution in [3.05, 3.63) is 0 Å². The van der Waals surface area contributed by atoms with E-state index >= 15 is 0 Å². The number of nitrogens with zero attached hydrogens (tertiary/aromatic N) is 1. The molecule has 0 spiro atoms. The minimum Gasteiger partial charge on any atom is -0.444 e. The van der Waals surface area contributed by atoms with Crippen LogP contribution in [0.15, 0.2) is 0 Å². The van der Waals surface area contributed by atoms with Crippen LogP contribution in [0.25, 0.3) is 0 Å². The van der Waals surface area contributed by atoms with Crippen LogP contribution >= 0.6 is 11.8 Å². The van der Waals surface area contributed by atoms with Crippen LogP contribution in [-0.2, 0) is 4.74 Å². The molecule has 0 aliphatic carbocycles. The Morgan fingerprint density at radius 3 is 2.38 bits per heavy atom. The second-order valence-corrected chi connectivity index (χ2v) is 8.37. The maximum absolute atomic E-state index is 12.4. The summed E-state index contributed by atoms with van der Waals surface area (Å²) >= 11 is 1.88. The number of thioether (sulfide) groups is 1. The standard InChI is InChI=1S/C16H30N2O2S/c1-11(10-21-5)17-12-8-13-6-7-14(9-12)18(13)15(19)20-16(2,3)4/h11-14,17H,6-10H2,1-5H3/t11-,12?,13-,14+/m0/s1. The number of amides is 1. The van der Waals surface area contributed by atoms with Gasteiger partial charge in [0.1, 0.15) is 5.60 Å². The Bertz CT molecular complexity index is 356. The second kappa shape index (κ2) is 6.78. The van der Waals surface area contributed by atoms with E-state index in [9.17, 15) is 4.79 Å². The van der Waals surface area contributed by atoms with Crippen molar-refractivity contribution >= 4 is 17.9 Å². The molecule has 0 aromatic carbocycles. The number of hydrogen-bond acceptors (Lipinski definition) is 4. The minimum atomic E-state index is -0.404. The Hall–Kier alpha value is -0.420. The molecule has 1 amide bonds. The maximum Gasteiger partial charge on any atom is 0.410 e. The van der Waals surface area contributed by atoms with E-state index in [1.165, 1.54) is 0 Å². The molecule has 2 fully saturated rings. The first kappa shape index (κ1) is 16.9. The van der Waals surface area contributed by atoms with Crippen LogP contribution in [0, 0.1) is 0 Å². The summed E-state index contributed by atoms with van der Waals surface area (Å²) in [6.07, 6.45) is 6.40. The van der Waals surface area contributed by atoms with Crippen molar-refractivity contribution in [2.24, 2.45) is 0 Å². The van der Waals surface area contributed by atoms with Gasteiger partial charge in [-0.25, -0.2) is 4.79 Å². The first-order valence-electron chi connectivity index (χ1n) is 8.06. The third kappa shape index (κ3) is 4.52. The van der Waals surface area contributed by atoms with Gasteiger partial charge in [-0.1, -0.05) is 0 Å². The molecule has 2 aliphatic rings. The lowest BCUT2D eigenvalue weighted by Gasteiger charge is -2.40. The van der Waals surface area contributed by atoms with Crippen LogP contribution in [0.1, 0.15) is 53.4 Å². The predicted octanol–water partition coefficient (Wildman–Crippen LogP) is 3.26. The van der Waals surface area contributed by atoms with Crippen LogP contribution in [0.5, 0.6) is 0 Å². The van der Waals surface area contributed by atoms with Gasteiger partial charge in [0.15, 0.2) is 0 Å². The first-order valence-corrected chi connectivity index (χ1v) is 9.46. The summed E-state index contributed by atoms with van der Waals surface area (Å²) < 4.78 is 5.58. The summed E-state index contributed by atoms with van der Waals surface area (Å²) in [5, 5.41) is 3.73. The van der Waals surface area contributed by atoms with E-state index in [4.69, 9.17) is 4.74 Å². The molecule has 2 saturated heterocycles. The van der Waals surface area contributed by atoms with Crippen LogP contribution < -0.4 is 5.32 Å². The normalized spacial score (nSPS) is 30.3. The zero-order valence-electron chi connectivity index (χ0n) is 14.0. The predicted molar refractivity (Wildman–Crippen MR) is 88.9 cm³/mol. The average molecular weight is 314 g/mol. The van der Waals surface area contributed by atoms with E-state index in [0.717, 1.165) is 31.4 Å². The highest BCUT2D eigenvalue weighted by Crippen LogP contribution is 2.37. The van der Waals surface area contributed by atoms with Crippen molar-refractivity contribution in [3.8, 4) is 0 Å². The van der Waals surface area contributed by atoms with E-state index in [2.05, 4.69) is 18.5 Å². The van der Waals surface area contributed by atoms with Crippen molar-refractivity contribution < 1.29 is 9.53 Å². The monoisotopic (exact) mass is 314 g/mol. The average Bonchev–Trinajstić information content (AvgIpc) is 2.60. The first-order chi connectivity index (χ1) is 9.80. The number of carbonyl (C=O) groups is 1. The topological polar surface area (TPSA) is 41.6 Å². The summed E-state index contributed by atoms with van der Waals surface area (Å²) in [4.78, 5) is 14.4. The molecule has 0 aromatic heterocycles. The number of fused-ring (bicyclic) bond motifs is 2. The Labute approximate surface area is 133 Å². The van der Waals surface area contributed by atoms with Crippen LogP contribution in [0.2, 0.25) is 0 Å². The summed E-state index contributed by atoms with van der Waals surface area (Å²) in [6, 6.07) is 1.80. The van der Waals surface area contributed by atoms with E-state index in [-0.39, 0.29) is 6.09 Å². The van der Waals surface area contributed by atoms with E-state index in [1.807, 2.05) is 37.4 Å². The van der Waals surface area contributed by atoms with Crippen molar-refractivity contribution in [3.63, 3.8) is 0 Å². The summed E-state index contributed by atoms with van der Waals surface area (Å²) in [7, 11) is 0. The Balaban J connectivity index is 1.91. The van der Waals surface area contributed by atoms with E-state index in [1.54, 1.807) is 0 Å². The van der Waals surface area contributed by atoms with Gasteiger partial charge in [0.25, 0.3) is 0 Å². The molecule has 2 aliphatic heterocycles. The number of carbonyl (C=O) groups excluding carboxylic acids is 1. The molecule has 5 heteroatoms. The molecule has 2 heterocycles. The number of hydrogen-bond donors (Lipinski definition) is 1.